The molecule has 0 aliphatic carbocycles. The van der Waals surface area contributed by atoms with E-state index in [9.17, 15) is 4.79 Å². The molecule has 1 aromatic carbocycles. The first-order chi connectivity index (χ1) is 7.63. The summed E-state index contributed by atoms with van der Waals surface area (Å²) in [4.78, 5) is 11.7. The second-order valence-electron chi connectivity index (χ2n) is 3.22. The SMILES string of the molecule is CCCNC(=S)NC(=O)c1cccc(I)c1. The van der Waals surface area contributed by atoms with E-state index in [4.69, 9.17) is 12.2 Å². The molecule has 86 valence electrons. The Balaban J connectivity index is 2.55. The molecule has 5 heteroatoms. The smallest absolute Gasteiger partial charge is 0.257 e. The van der Waals surface area contributed by atoms with Gasteiger partial charge in [-0.15, -0.1) is 0 Å². The van der Waals surface area contributed by atoms with Crippen molar-refractivity contribution in [2.24, 2.45) is 0 Å². The van der Waals surface area contributed by atoms with Crippen molar-refractivity contribution in [3.63, 3.8) is 0 Å². The van der Waals surface area contributed by atoms with Crippen molar-refractivity contribution < 1.29 is 4.79 Å². The van der Waals surface area contributed by atoms with Gasteiger partial charge in [0.2, 0.25) is 0 Å². The number of benzene rings is 1. The molecule has 0 bridgehead atoms. The second-order valence-corrected chi connectivity index (χ2v) is 4.87. The number of amides is 1. The minimum Gasteiger partial charge on any atom is -0.362 e. The fourth-order valence-electron chi connectivity index (χ4n) is 1.09. The highest BCUT2D eigenvalue weighted by molar-refractivity contribution is 14.1. The number of thiocarbonyl (C=S) groups is 1. The molecule has 0 radical (unpaired) electrons. The number of nitrogens with one attached hydrogen (secondary N) is 2. The average Bonchev–Trinajstić information content (AvgIpc) is 2.26. The Kier molecular flexibility index (Phi) is 5.68. The van der Waals surface area contributed by atoms with Crippen molar-refractivity contribution in [3.05, 3.63) is 33.4 Å². The summed E-state index contributed by atoms with van der Waals surface area (Å²) in [6.45, 7) is 2.81. The van der Waals surface area contributed by atoms with Crippen LogP contribution in [0, 0.1) is 3.57 Å². The summed E-state index contributed by atoms with van der Waals surface area (Å²) in [6.07, 6.45) is 0.971. The van der Waals surface area contributed by atoms with Crippen molar-refractivity contribution in [1.82, 2.24) is 10.6 Å². The van der Waals surface area contributed by atoms with E-state index in [-0.39, 0.29) is 5.91 Å². The molecule has 16 heavy (non-hydrogen) atoms. The van der Waals surface area contributed by atoms with Gasteiger partial charge in [0.25, 0.3) is 5.91 Å². The van der Waals surface area contributed by atoms with Gasteiger partial charge in [0.15, 0.2) is 5.11 Å². The molecule has 0 spiro atoms. The third-order valence-electron chi connectivity index (χ3n) is 1.85. The lowest BCUT2D eigenvalue weighted by molar-refractivity contribution is 0.0976. The van der Waals surface area contributed by atoms with Crippen molar-refractivity contribution in [2.75, 3.05) is 6.54 Å². The highest BCUT2D eigenvalue weighted by Gasteiger charge is 2.06. The average molecular weight is 348 g/mol. The predicted molar refractivity (Wildman–Crippen MR) is 77.5 cm³/mol. The zero-order chi connectivity index (χ0) is 12.0. The molecule has 1 aromatic rings. The van der Waals surface area contributed by atoms with Gasteiger partial charge in [-0.1, -0.05) is 13.0 Å². The summed E-state index contributed by atoms with van der Waals surface area (Å²) in [7, 11) is 0. The quantitative estimate of drug-likeness (QED) is 0.651. The van der Waals surface area contributed by atoms with E-state index in [0.29, 0.717) is 10.7 Å². The van der Waals surface area contributed by atoms with Crippen LogP contribution in [0.25, 0.3) is 0 Å². The molecule has 0 aliphatic rings. The largest absolute Gasteiger partial charge is 0.362 e. The van der Waals surface area contributed by atoms with E-state index in [1.54, 1.807) is 6.07 Å². The minimum absolute atomic E-state index is 0.174. The van der Waals surface area contributed by atoms with Gasteiger partial charge in [0, 0.05) is 15.7 Å². The van der Waals surface area contributed by atoms with E-state index in [2.05, 4.69) is 33.2 Å². The lowest BCUT2D eigenvalue weighted by atomic mass is 10.2. The van der Waals surface area contributed by atoms with Crippen LogP contribution in [0.5, 0.6) is 0 Å². The van der Waals surface area contributed by atoms with Crippen LogP contribution in [-0.2, 0) is 0 Å². The Hall–Kier alpha value is -0.690. The van der Waals surface area contributed by atoms with Crippen LogP contribution in [0.1, 0.15) is 23.7 Å². The molecule has 0 saturated carbocycles. The fraction of sp³-hybridized carbons (Fsp3) is 0.273. The minimum atomic E-state index is -0.174. The molecule has 0 unspecified atom stereocenters. The van der Waals surface area contributed by atoms with Gasteiger partial charge in [-0.3, -0.25) is 10.1 Å². The lowest BCUT2D eigenvalue weighted by Crippen LogP contribution is -2.39. The highest BCUT2D eigenvalue weighted by atomic mass is 127. The fourth-order valence-corrected chi connectivity index (χ4v) is 1.83. The van der Waals surface area contributed by atoms with Gasteiger partial charge in [-0.05, 0) is 59.4 Å². The van der Waals surface area contributed by atoms with Gasteiger partial charge in [0.05, 0.1) is 0 Å². The lowest BCUT2D eigenvalue weighted by Gasteiger charge is -2.08. The van der Waals surface area contributed by atoms with E-state index >= 15 is 0 Å². The van der Waals surface area contributed by atoms with Crippen LogP contribution in [0.15, 0.2) is 24.3 Å². The van der Waals surface area contributed by atoms with Crippen LogP contribution < -0.4 is 10.6 Å². The van der Waals surface area contributed by atoms with Crippen molar-refractivity contribution in [1.29, 1.82) is 0 Å². The van der Waals surface area contributed by atoms with E-state index in [1.807, 2.05) is 25.1 Å². The summed E-state index contributed by atoms with van der Waals surface area (Å²) in [6, 6.07) is 7.36. The number of halogens is 1. The number of carbonyl (C=O) groups is 1. The van der Waals surface area contributed by atoms with Crippen LogP contribution in [-0.4, -0.2) is 17.6 Å². The summed E-state index contributed by atoms with van der Waals surface area (Å²) >= 11 is 7.15. The molecule has 1 amide bonds. The zero-order valence-corrected chi connectivity index (χ0v) is 11.9. The van der Waals surface area contributed by atoms with Crippen LogP contribution >= 0.6 is 34.8 Å². The topological polar surface area (TPSA) is 41.1 Å². The standard InChI is InChI=1S/C11H13IN2OS/c1-2-6-13-11(16)14-10(15)8-4-3-5-9(12)7-8/h3-5,7H,2,6H2,1H3,(H2,13,14,15,16). The van der Waals surface area contributed by atoms with Crippen LogP contribution in [0.3, 0.4) is 0 Å². The first kappa shape index (κ1) is 13.4. The van der Waals surface area contributed by atoms with Gasteiger partial charge < -0.3 is 5.32 Å². The molecule has 0 fully saturated rings. The first-order valence-corrected chi connectivity index (χ1v) is 6.47. The number of hydrogen-bond acceptors (Lipinski definition) is 2. The summed E-state index contributed by atoms with van der Waals surface area (Å²) in [5.41, 5.74) is 0.618. The van der Waals surface area contributed by atoms with Crippen molar-refractivity contribution in [3.8, 4) is 0 Å². The Morgan fingerprint density at radius 2 is 2.25 bits per heavy atom. The monoisotopic (exact) mass is 348 g/mol. The molecule has 2 N–H and O–H groups in total. The van der Waals surface area contributed by atoms with Crippen LogP contribution in [0.2, 0.25) is 0 Å². The maximum absolute atomic E-state index is 11.7. The number of rotatable bonds is 3. The van der Waals surface area contributed by atoms with Crippen molar-refractivity contribution >= 4 is 45.8 Å². The van der Waals surface area contributed by atoms with E-state index in [1.165, 1.54) is 0 Å². The third kappa shape index (κ3) is 4.44. The Morgan fingerprint density at radius 1 is 1.50 bits per heavy atom. The van der Waals surface area contributed by atoms with Gasteiger partial charge in [0.1, 0.15) is 0 Å². The second kappa shape index (κ2) is 6.80. The summed E-state index contributed by atoms with van der Waals surface area (Å²) in [5.74, 6) is -0.174. The maximum Gasteiger partial charge on any atom is 0.257 e. The molecule has 0 heterocycles. The molecule has 0 atom stereocenters. The number of carbonyl (C=O) groups excluding carboxylic acids is 1. The molecular formula is C11H13IN2OS. The Morgan fingerprint density at radius 3 is 2.88 bits per heavy atom. The van der Waals surface area contributed by atoms with E-state index in [0.717, 1.165) is 16.5 Å². The molecule has 0 aliphatic heterocycles. The summed E-state index contributed by atoms with van der Waals surface area (Å²) in [5, 5.41) is 5.96. The van der Waals surface area contributed by atoms with E-state index < -0.39 is 0 Å². The molecule has 0 aromatic heterocycles. The van der Waals surface area contributed by atoms with Gasteiger partial charge >= 0.3 is 0 Å². The molecule has 1 rings (SSSR count). The maximum atomic E-state index is 11.7. The van der Waals surface area contributed by atoms with Gasteiger partial charge in [-0.25, -0.2) is 0 Å². The first-order valence-electron chi connectivity index (χ1n) is 4.98. The molecule has 3 nitrogen and oxygen atoms in total. The zero-order valence-electron chi connectivity index (χ0n) is 8.92. The predicted octanol–water partition coefficient (Wildman–Crippen LogP) is 2.31. The molecule has 0 saturated heterocycles. The molecular weight excluding hydrogens is 335 g/mol. The normalized spacial score (nSPS) is 9.62. The highest BCUT2D eigenvalue weighted by Crippen LogP contribution is 2.07. The van der Waals surface area contributed by atoms with Gasteiger partial charge in [-0.2, -0.15) is 0 Å². The summed E-state index contributed by atoms with van der Waals surface area (Å²) < 4.78 is 1.03. The van der Waals surface area contributed by atoms with Crippen LogP contribution in [0.4, 0.5) is 0 Å². The van der Waals surface area contributed by atoms with Crippen molar-refractivity contribution in [2.45, 2.75) is 13.3 Å². The number of hydrogen-bond donors (Lipinski definition) is 2. The Labute approximate surface area is 114 Å². The Bertz CT molecular complexity index is 395. The third-order valence-corrected chi connectivity index (χ3v) is 2.77.